The Bertz CT molecular complexity index is 893. The quantitative estimate of drug-likeness (QED) is 0.771. The summed E-state index contributed by atoms with van der Waals surface area (Å²) in [6.07, 6.45) is 4.23. The molecule has 1 fully saturated rings. The summed E-state index contributed by atoms with van der Waals surface area (Å²) in [5.74, 6) is 1.02. The van der Waals surface area contributed by atoms with Gasteiger partial charge in [0.2, 0.25) is 0 Å². The fraction of sp³-hybridized carbons (Fsp3) is 0.389. The fourth-order valence-corrected chi connectivity index (χ4v) is 3.18. The van der Waals surface area contributed by atoms with Crippen LogP contribution in [-0.2, 0) is 18.2 Å². The van der Waals surface area contributed by atoms with Crippen molar-refractivity contribution in [3.8, 4) is 0 Å². The van der Waals surface area contributed by atoms with Gasteiger partial charge in [-0.05, 0) is 18.9 Å². The standard InChI is InChI=1S/C18H20N4O3/c1-22-11-13(12-5-2-3-6-14(12)22)17(23)19-9-8-16-20-18(25-21-16)15-7-4-10-24-15/h2-3,5-6,11,15H,4,7-10H2,1H3,(H,19,23)/t15-/m0/s1. The van der Waals surface area contributed by atoms with Gasteiger partial charge in [-0.25, -0.2) is 0 Å². The van der Waals surface area contributed by atoms with Gasteiger partial charge in [0.15, 0.2) is 5.82 Å². The highest BCUT2D eigenvalue weighted by atomic mass is 16.5. The van der Waals surface area contributed by atoms with Crippen LogP contribution in [0.25, 0.3) is 10.9 Å². The van der Waals surface area contributed by atoms with Gasteiger partial charge >= 0.3 is 0 Å². The van der Waals surface area contributed by atoms with Crippen molar-refractivity contribution in [2.45, 2.75) is 25.4 Å². The molecule has 7 nitrogen and oxygen atoms in total. The van der Waals surface area contributed by atoms with E-state index < -0.39 is 0 Å². The van der Waals surface area contributed by atoms with Crippen molar-refractivity contribution in [2.24, 2.45) is 7.05 Å². The predicted octanol–water partition coefficient (Wildman–Crippen LogP) is 2.39. The van der Waals surface area contributed by atoms with Crippen LogP contribution >= 0.6 is 0 Å². The molecule has 4 rings (SSSR count). The molecule has 3 aromatic rings. The SMILES string of the molecule is Cn1cc(C(=O)NCCc2noc([C@@H]3CCCO3)n2)c2ccccc21. The number of fused-ring (bicyclic) bond motifs is 1. The van der Waals surface area contributed by atoms with Gasteiger partial charge in [-0.2, -0.15) is 4.98 Å². The summed E-state index contributed by atoms with van der Waals surface area (Å²) in [6.45, 7) is 1.19. The molecular weight excluding hydrogens is 320 g/mol. The van der Waals surface area contributed by atoms with Crippen molar-refractivity contribution in [1.29, 1.82) is 0 Å². The van der Waals surface area contributed by atoms with Gasteiger partial charge in [0.1, 0.15) is 6.10 Å². The van der Waals surface area contributed by atoms with Crippen LogP contribution in [0.2, 0.25) is 0 Å². The molecule has 7 heteroatoms. The normalized spacial score (nSPS) is 17.2. The van der Waals surface area contributed by atoms with Crippen LogP contribution < -0.4 is 5.32 Å². The maximum absolute atomic E-state index is 12.5. The summed E-state index contributed by atoms with van der Waals surface area (Å²) in [6, 6.07) is 7.85. The molecule has 0 bridgehead atoms. The van der Waals surface area contributed by atoms with Gasteiger partial charge < -0.3 is 19.1 Å². The van der Waals surface area contributed by atoms with E-state index in [2.05, 4.69) is 15.5 Å². The molecule has 0 saturated carbocycles. The Labute approximate surface area is 145 Å². The van der Waals surface area contributed by atoms with Crippen LogP contribution in [0.4, 0.5) is 0 Å². The number of benzene rings is 1. The third-order valence-corrected chi connectivity index (χ3v) is 4.46. The molecule has 1 saturated heterocycles. The van der Waals surface area contributed by atoms with E-state index in [9.17, 15) is 4.79 Å². The van der Waals surface area contributed by atoms with Crippen LogP contribution in [0.5, 0.6) is 0 Å². The zero-order valence-corrected chi connectivity index (χ0v) is 14.1. The summed E-state index contributed by atoms with van der Waals surface area (Å²) in [7, 11) is 1.94. The van der Waals surface area contributed by atoms with Crippen LogP contribution in [-0.4, -0.2) is 33.8 Å². The molecule has 1 aliphatic rings. The number of nitrogens with zero attached hydrogens (tertiary/aromatic N) is 3. The summed E-state index contributed by atoms with van der Waals surface area (Å²) >= 11 is 0. The molecule has 2 aromatic heterocycles. The molecule has 1 N–H and O–H groups in total. The minimum Gasteiger partial charge on any atom is -0.368 e. The van der Waals surface area contributed by atoms with Gasteiger partial charge in [0.25, 0.3) is 11.8 Å². The molecule has 0 unspecified atom stereocenters. The average Bonchev–Trinajstić information content (AvgIpc) is 3.35. The van der Waals surface area contributed by atoms with Crippen molar-refractivity contribution in [3.05, 3.63) is 47.7 Å². The van der Waals surface area contributed by atoms with E-state index >= 15 is 0 Å². The number of hydrogen-bond donors (Lipinski definition) is 1. The average molecular weight is 340 g/mol. The highest BCUT2D eigenvalue weighted by Gasteiger charge is 2.23. The third-order valence-electron chi connectivity index (χ3n) is 4.46. The Morgan fingerprint density at radius 1 is 1.40 bits per heavy atom. The minimum atomic E-state index is -0.0976. The molecule has 1 aliphatic heterocycles. The van der Waals surface area contributed by atoms with Crippen LogP contribution in [0, 0.1) is 0 Å². The fourth-order valence-electron chi connectivity index (χ4n) is 3.18. The lowest BCUT2D eigenvalue weighted by Crippen LogP contribution is -2.25. The summed E-state index contributed by atoms with van der Waals surface area (Å²) < 4.78 is 12.7. The molecule has 130 valence electrons. The predicted molar refractivity (Wildman–Crippen MR) is 91.2 cm³/mol. The second-order valence-corrected chi connectivity index (χ2v) is 6.23. The van der Waals surface area contributed by atoms with E-state index in [1.807, 2.05) is 42.1 Å². The van der Waals surface area contributed by atoms with Gasteiger partial charge in [-0.3, -0.25) is 4.79 Å². The summed E-state index contributed by atoms with van der Waals surface area (Å²) in [4.78, 5) is 16.8. The first-order valence-electron chi connectivity index (χ1n) is 8.49. The number of hydrogen-bond acceptors (Lipinski definition) is 5. The third kappa shape index (κ3) is 3.15. The zero-order chi connectivity index (χ0) is 17.2. The number of para-hydroxylation sites is 1. The largest absolute Gasteiger partial charge is 0.368 e. The van der Waals surface area contributed by atoms with Crippen molar-refractivity contribution in [2.75, 3.05) is 13.2 Å². The molecule has 3 heterocycles. The van der Waals surface area contributed by atoms with E-state index in [-0.39, 0.29) is 12.0 Å². The summed E-state index contributed by atoms with van der Waals surface area (Å²) in [5, 5.41) is 7.84. The number of aryl methyl sites for hydroxylation is 1. The van der Waals surface area contributed by atoms with Crippen molar-refractivity contribution in [3.63, 3.8) is 0 Å². The molecule has 25 heavy (non-hydrogen) atoms. The number of ether oxygens (including phenoxy) is 1. The maximum atomic E-state index is 12.5. The van der Waals surface area contributed by atoms with Crippen LogP contribution in [0.1, 0.15) is 41.0 Å². The van der Waals surface area contributed by atoms with Gasteiger partial charge in [0, 0.05) is 43.7 Å². The monoisotopic (exact) mass is 340 g/mol. The van der Waals surface area contributed by atoms with Crippen molar-refractivity contribution in [1.82, 2.24) is 20.0 Å². The van der Waals surface area contributed by atoms with E-state index in [0.717, 1.165) is 30.4 Å². The lowest BCUT2D eigenvalue weighted by Gasteiger charge is -2.02. The van der Waals surface area contributed by atoms with Crippen molar-refractivity contribution < 1.29 is 14.1 Å². The maximum Gasteiger partial charge on any atom is 0.255 e. The van der Waals surface area contributed by atoms with E-state index in [1.165, 1.54) is 0 Å². The topological polar surface area (TPSA) is 82.2 Å². The van der Waals surface area contributed by atoms with Crippen molar-refractivity contribution >= 4 is 16.8 Å². The second-order valence-electron chi connectivity index (χ2n) is 6.23. The van der Waals surface area contributed by atoms with E-state index in [0.29, 0.717) is 30.2 Å². The lowest BCUT2D eigenvalue weighted by molar-refractivity contribution is 0.0835. The molecule has 1 aromatic carbocycles. The Kier molecular flexibility index (Phi) is 4.23. The van der Waals surface area contributed by atoms with Crippen LogP contribution in [0.15, 0.2) is 35.0 Å². The van der Waals surface area contributed by atoms with Gasteiger partial charge in [0.05, 0.1) is 5.56 Å². The first-order valence-corrected chi connectivity index (χ1v) is 8.49. The highest BCUT2D eigenvalue weighted by Crippen LogP contribution is 2.26. The zero-order valence-electron chi connectivity index (χ0n) is 14.1. The minimum absolute atomic E-state index is 0.0773. The smallest absolute Gasteiger partial charge is 0.255 e. The van der Waals surface area contributed by atoms with E-state index in [4.69, 9.17) is 9.26 Å². The highest BCUT2D eigenvalue weighted by molar-refractivity contribution is 6.06. The molecule has 1 atom stereocenters. The van der Waals surface area contributed by atoms with E-state index in [1.54, 1.807) is 0 Å². The number of carbonyl (C=O) groups is 1. The first-order chi connectivity index (χ1) is 12.2. The molecule has 1 amide bonds. The Morgan fingerprint density at radius 2 is 2.28 bits per heavy atom. The number of nitrogens with one attached hydrogen (secondary N) is 1. The molecule has 0 radical (unpaired) electrons. The second kappa shape index (κ2) is 6.68. The number of rotatable bonds is 5. The molecule has 0 aliphatic carbocycles. The number of aromatic nitrogens is 3. The summed E-state index contributed by atoms with van der Waals surface area (Å²) in [5.41, 5.74) is 1.71. The molecular formula is C18H20N4O3. The van der Waals surface area contributed by atoms with Gasteiger partial charge in [-0.1, -0.05) is 23.4 Å². The lowest BCUT2D eigenvalue weighted by atomic mass is 10.1. The Morgan fingerprint density at radius 3 is 3.12 bits per heavy atom. The Hall–Kier alpha value is -2.67. The number of carbonyl (C=O) groups excluding carboxylic acids is 1. The van der Waals surface area contributed by atoms with Crippen LogP contribution in [0.3, 0.4) is 0 Å². The molecule has 0 spiro atoms. The first kappa shape index (κ1) is 15.8. The Balaban J connectivity index is 1.37. The number of amides is 1. The van der Waals surface area contributed by atoms with Gasteiger partial charge in [-0.15, -0.1) is 0 Å².